The average Bonchev–Trinajstić information content (AvgIpc) is 3.31. The molecule has 0 aromatic heterocycles. The van der Waals surface area contributed by atoms with Gasteiger partial charge in [0.05, 0.1) is 22.7 Å². The number of benzene rings is 7. The Morgan fingerprint density at radius 2 is 0.978 bits per heavy atom. The minimum Gasteiger partial charge on any atom is -0.341 e. The predicted octanol–water partition coefficient (Wildman–Crippen LogP) is 11.8. The second-order valence-corrected chi connectivity index (χ2v) is 13.6. The maximum Gasteiger partial charge on any atom is 0.0656 e. The van der Waals surface area contributed by atoms with Gasteiger partial charge in [-0.15, -0.1) is 0 Å². The summed E-state index contributed by atoms with van der Waals surface area (Å²) in [7, 11) is 4.35. The molecule has 1 heterocycles. The van der Waals surface area contributed by atoms with E-state index in [1.54, 1.807) is 0 Å². The molecule has 0 saturated heterocycles. The molecule has 7 aromatic carbocycles. The van der Waals surface area contributed by atoms with Gasteiger partial charge in [-0.2, -0.15) is 0 Å². The summed E-state index contributed by atoms with van der Waals surface area (Å²) >= 11 is 0. The normalized spacial score (nSPS) is 14.3. The van der Waals surface area contributed by atoms with Crippen molar-refractivity contribution in [3.8, 4) is 33.4 Å². The molecule has 1 aliphatic carbocycles. The molecule has 0 unspecified atom stereocenters. The zero-order chi connectivity index (χ0) is 31.3. The van der Waals surface area contributed by atoms with Gasteiger partial charge in [0.25, 0.3) is 0 Å². The number of rotatable bonds is 2. The molecule has 0 N–H and O–H groups in total. The lowest BCUT2D eigenvalue weighted by Gasteiger charge is -2.36. The Balaban J connectivity index is 1.31. The first-order chi connectivity index (χ1) is 22.3. The SMILES string of the molecule is Cc1ccc2c(-c3ccc4c(c3)N(C)c3ccccc3N4C)c3ccccc3c(-c3ccc4c(c3)-c3ccccc3C4(C)C)c2c1. The standard InChI is InChI=1S/C44H36N2/c1-27-18-21-33-35(24-27)43(28-19-22-37-34(25-28)30-12-8-9-15-36(30)44(37,2)3)32-14-7-6-13-31(32)42(33)29-20-23-40-41(26-29)46(5)39-17-11-10-16-38(39)45(40)4/h6-26H,1-5H3. The zero-order valence-electron chi connectivity index (χ0n) is 27.0. The van der Waals surface area contributed by atoms with E-state index < -0.39 is 0 Å². The Bertz CT molecular complexity index is 2400. The first-order valence-electron chi connectivity index (χ1n) is 16.2. The number of nitrogens with zero attached hydrogens (tertiary/aromatic N) is 2. The molecule has 0 spiro atoms. The Morgan fingerprint density at radius 3 is 1.74 bits per heavy atom. The van der Waals surface area contributed by atoms with Gasteiger partial charge in [0.1, 0.15) is 0 Å². The number of hydrogen-bond acceptors (Lipinski definition) is 2. The van der Waals surface area contributed by atoms with E-state index in [4.69, 9.17) is 0 Å². The van der Waals surface area contributed by atoms with Gasteiger partial charge in [-0.1, -0.05) is 116 Å². The smallest absolute Gasteiger partial charge is 0.0656 e. The monoisotopic (exact) mass is 592 g/mol. The van der Waals surface area contributed by atoms with Gasteiger partial charge in [0.2, 0.25) is 0 Å². The van der Waals surface area contributed by atoms with E-state index in [1.807, 2.05) is 0 Å². The highest BCUT2D eigenvalue weighted by Crippen LogP contribution is 2.52. The summed E-state index contributed by atoms with van der Waals surface area (Å²) in [6.45, 7) is 6.92. The summed E-state index contributed by atoms with van der Waals surface area (Å²) in [6.07, 6.45) is 0. The van der Waals surface area contributed by atoms with Gasteiger partial charge >= 0.3 is 0 Å². The summed E-state index contributed by atoms with van der Waals surface area (Å²) in [5.41, 5.74) is 16.8. The van der Waals surface area contributed by atoms with Gasteiger partial charge in [-0.25, -0.2) is 0 Å². The molecular formula is C44H36N2. The highest BCUT2D eigenvalue weighted by molar-refractivity contribution is 6.22. The molecule has 2 heteroatoms. The molecule has 0 saturated carbocycles. The average molecular weight is 593 g/mol. The molecule has 1 aliphatic heterocycles. The molecule has 0 fully saturated rings. The lowest BCUT2D eigenvalue weighted by atomic mass is 9.81. The fraction of sp³-hybridized carbons (Fsp3) is 0.136. The third-order valence-electron chi connectivity index (χ3n) is 10.6. The van der Waals surface area contributed by atoms with Crippen LogP contribution in [0.2, 0.25) is 0 Å². The van der Waals surface area contributed by atoms with Crippen LogP contribution in [0.1, 0.15) is 30.5 Å². The van der Waals surface area contributed by atoms with Crippen molar-refractivity contribution in [3.05, 3.63) is 144 Å². The van der Waals surface area contributed by atoms with E-state index in [0.717, 1.165) is 0 Å². The predicted molar refractivity (Wildman–Crippen MR) is 197 cm³/mol. The third-order valence-corrected chi connectivity index (χ3v) is 10.6. The molecule has 0 atom stereocenters. The molecule has 2 aliphatic rings. The van der Waals surface area contributed by atoms with Crippen molar-refractivity contribution < 1.29 is 0 Å². The number of para-hydroxylation sites is 2. The number of anilines is 4. The van der Waals surface area contributed by atoms with Gasteiger partial charge < -0.3 is 9.80 Å². The fourth-order valence-electron chi connectivity index (χ4n) is 8.31. The van der Waals surface area contributed by atoms with Gasteiger partial charge in [0.15, 0.2) is 0 Å². The van der Waals surface area contributed by atoms with Crippen LogP contribution in [0.5, 0.6) is 0 Å². The van der Waals surface area contributed by atoms with Crippen LogP contribution < -0.4 is 9.80 Å². The van der Waals surface area contributed by atoms with Crippen molar-refractivity contribution in [2.24, 2.45) is 0 Å². The lowest BCUT2D eigenvalue weighted by molar-refractivity contribution is 0.660. The molecule has 46 heavy (non-hydrogen) atoms. The van der Waals surface area contributed by atoms with Crippen molar-refractivity contribution in [2.45, 2.75) is 26.2 Å². The Morgan fingerprint density at radius 1 is 0.435 bits per heavy atom. The van der Waals surface area contributed by atoms with Crippen LogP contribution >= 0.6 is 0 Å². The first kappa shape index (κ1) is 27.0. The topological polar surface area (TPSA) is 6.48 Å². The molecule has 7 aromatic rings. The molecule has 0 radical (unpaired) electrons. The van der Waals surface area contributed by atoms with Crippen LogP contribution in [0.4, 0.5) is 22.7 Å². The Labute approximate surface area is 271 Å². The van der Waals surface area contributed by atoms with Crippen molar-refractivity contribution in [3.63, 3.8) is 0 Å². The van der Waals surface area contributed by atoms with Crippen molar-refractivity contribution in [1.29, 1.82) is 0 Å². The summed E-state index contributed by atoms with van der Waals surface area (Å²) in [6, 6.07) is 47.7. The third kappa shape index (κ3) is 3.64. The minimum absolute atomic E-state index is 0.0107. The van der Waals surface area contributed by atoms with Crippen LogP contribution in [0.15, 0.2) is 127 Å². The molecule has 0 bridgehead atoms. The Kier molecular flexibility index (Phi) is 5.63. The summed E-state index contributed by atoms with van der Waals surface area (Å²) in [5, 5.41) is 5.15. The maximum absolute atomic E-state index is 2.45. The van der Waals surface area contributed by atoms with E-state index in [-0.39, 0.29) is 5.41 Å². The zero-order valence-corrected chi connectivity index (χ0v) is 27.0. The number of fused-ring (bicyclic) bond motifs is 7. The fourth-order valence-corrected chi connectivity index (χ4v) is 8.31. The van der Waals surface area contributed by atoms with E-state index in [1.165, 1.54) is 94.4 Å². The van der Waals surface area contributed by atoms with Crippen LogP contribution in [-0.2, 0) is 5.41 Å². The van der Waals surface area contributed by atoms with Gasteiger partial charge in [-0.3, -0.25) is 0 Å². The van der Waals surface area contributed by atoms with Crippen LogP contribution in [0.3, 0.4) is 0 Å². The molecule has 0 amide bonds. The quantitative estimate of drug-likeness (QED) is 0.184. The van der Waals surface area contributed by atoms with Crippen LogP contribution in [0, 0.1) is 6.92 Å². The number of aryl methyl sites for hydroxylation is 1. The second-order valence-electron chi connectivity index (χ2n) is 13.6. The first-order valence-corrected chi connectivity index (χ1v) is 16.2. The molecule has 222 valence electrons. The van der Waals surface area contributed by atoms with E-state index in [9.17, 15) is 0 Å². The van der Waals surface area contributed by atoms with E-state index in [0.29, 0.717) is 0 Å². The van der Waals surface area contributed by atoms with E-state index >= 15 is 0 Å². The minimum atomic E-state index is -0.0107. The van der Waals surface area contributed by atoms with E-state index in [2.05, 4.69) is 172 Å². The summed E-state index contributed by atoms with van der Waals surface area (Å²) in [5.74, 6) is 0. The number of hydrogen-bond donors (Lipinski definition) is 0. The molecule has 2 nitrogen and oxygen atoms in total. The highest BCUT2D eigenvalue weighted by Gasteiger charge is 2.35. The van der Waals surface area contributed by atoms with Crippen LogP contribution in [0.25, 0.3) is 54.9 Å². The summed E-state index contributed by atoms with van der Waals surface area (Å²) in [4.78, 5) is 4.64. The summed E-state index contributed by atoms with van der Waals surface area (Å²) < 4.78 is 0. The largest absolute Gasteiger partial charge is 0.341 e. The van der Waals surface area contributed by atoms with Crippen LogP contribution in [-0.4, -0.2) is 14.1 Å². The van der Waals surface area contributed by atoms with Gasteiger partial charge in [0, 0.05) is 19.5 Å². The Hall–Kier alpha value is -5.34. The van der Waals surface area contributed by atoms with Crippen molar-refractivity contribution >= 4 is 44.3 Å². The van der Waals surface area contributed by atoms with Gasteiger partial charge in [-0.05, 0) is 103 Å². The molecular weight excluding hydrogens is 556 g/mol. The van der Waals surface area contributed by atoms with Crippen molar-refractivity contribution in [2.75, 3.05) is 23.9 Å². The van der Waals surface area contributed by atoms with Crippen molar-refractivity contribution in [1.82, 2.24) is 0 Å². The molecule has 9 rings (SSSR count). The lowest BCUT2D eigenvalue weighted by Crippen LogP contribution is -2.24. The highest BCUT2D eigenvalue weighted by atomic mass is 15.2. The second kappa shape index (κ2) is 9.58. The maximum atomic E-state index is 2.45.